The number of carbonyl (C=O) groups excluding carboxylic acids is 1. The zero-order valence-electron chi connectivity index (χ0n) is 19.0. The highest BCUT2D eigenvalue weighted by molar-refractivity contribution is 5.76. The fourth-order valence-electron chi connectivity index (χ4n) is 5.78. The summed E-state index contributed by atoms with van der Waals surface area (Å²) in [6, 6.07) is 7.92. The molecule has 3 aliphatic rings. The van der Waals surface area contributed by atoms with Crippen LogP contribution in [0.25, 0.3) is 11.1 Å². The topological polar surface area (TPSA) is 48.9 Å². The number of aromatic nitrogens is 1. The summed E-state index contributed by atoms with van der Waals surface area (Å²) in [7, 11) is 0. The standard InChI is InChI=1S/C25H30F2N4O2/c1-2-33-24(32)31-16-25(17-31)9-8-18(15-25)29-11-13-30(14-12-29)23-19(5-4-10-28-23)22-20(26)6-3-7-21(22)27/h3-7,10,18H,2,8-9,11-17H2,1H3/t18-/m1/s1. The molecule has 2 aliphatic heterocycles. The molecule has 0 N–H and O–H groups in total. The molecule has 1 atom stereocenters. The van der Waals surface area contributed by atoms with Gasteiger partial charge in [0.2, 0.25) is 0 Å². The van der Waals surface area contributed by atoms with Gasteiger partial charge in [0.05, 0.1) is 12.2 Å². The van der Waals surface area contributed by atoms with Crippen LogP contribution in [0.2, 0.25) is 0 Å². The van der Waals surface area contributed by atoms with Gasteiger partial charge in [0.1, 0.15) is 17.5 Å². The minimum atomic E-state index is -0.573. The van der Waals surface area contributed by atoms with Crippen LogP contribution in [0.5, 0.6) is 0 Å². The molecule has 1 aliphatic carbocycles. The summed E-state index contributed by atoms with van der Waals surface area (Å²) in [5.74, 6) is -0.513. The Morgan fingerprint density at radius 2 is 1.85 bits per heavy atom. The van der Waals surface area contributed by atoms with Gasteiger partial charge in [-0.1, -0.05) is 6.07 Å². The van der Waals surface area contributed by atoms with E-state index >= 15 is 0 Å². The number of amides is 1. The smallest absolute Gasteiger partial charge is 0.409 e. The van der Waals surface area contributed by atoms with E-state index in [2.05, 4.69) is 14.8 Å². The summed E-state index contributed by atoms with van der Waals surface area (Å²) >= 11 is 0. The lowest BCUT2D eigenvalue weighted by Gasteiger charge is -2.48. The zero-order chi connectivity index (χ0) is 23.0. The van der Waals surface area contributed by atoms with E-state index in [0.717, 1.165) is 58.5 Å². The molecule has 6 nitrogen and oxygen atoms in total. The van der Waals surface area contributed by atoms with Gasteiger partial charge in [0.15, 0.2) is 0 Å². The number of carbonyl (C=O) groups is 1. The molecule has 3 heterocycles. The molecule has 33 heavy (non-hydrogen) atoms. The van der Waals surface area contributed by atoms with E-state index in [1.807, 2.05) is 11.8 Å². The number of halogens is 2. The van der Waals surface area contributed by atoms with Crippen molar-refractivity contribution < 1.29 is 18.3 Å². The number of piperazine rings is 1. The Morgan fingerprint density at radius 3 is 2.55 bits per heavy atom. The predicted octanol–water partition coefficient (Wildman–Crippen LogP) is 4.16. The maximum atomic E-state index is 14.5. The molecular formula is C25H30F2N4O2. The van der Waals surface area contributed by atoms with Gasteiger partial charge in [0, 0.05) is 62.5 Å². The molecule has 1 aromatic heterocycles. The summed E-state index contributed by atoms with van der Waals surface area (Å²) < 4.78 is 34.0. The first-order chi connectivity index (χ1) is 16.0. The van der Waals surface area contributed by atoms with E-state index in [4.69, 9.17) is 4.74 Å². The first-order valence-corrected chi connectivity index (χ1v) is 11.8. The Labute approximate surface area is 193 Å². The third-order valence-electron chi connectivity index (χ3n) is 7.40. The monoisotopic (exact) mass is 456 g/mol. The van der Waals surface area contributed by atoms with Crippen LogP contribution in [0.1, 0.15) is 26.2 Å². The second-order valence-electron chi connectivity index (χ2n) is 9.45. The number of likely N-dealkylation sites (tertiary alicyclic amines) is 1. The number of hydrogen-bond acceptors (Lipinski definition) is 5. The number of rotatable bonds is 4. The average molecular weight is 457 g/mol. The van der Waals surface area contributed by atoms with Crippen LogP contribution in [0, 0.1) is 17.0 Å². The van der Waals surface area contributed by atoms with Gasteiger partial charge >= 0.3 is 6.09 Å². The van der Waals surface area contributed by atoms with Crippen LogP contribution >= 0.6 is 0 Å². The fourth-order valence-corrected chi connectivity index (χ4v) is 5.78. The lowest BCUT2D eigenvalue weighted by molar-refractivity contribution is -0.00294. The van der Waals surface area contributed by atoms with Crippen molar-refractivity contribution in [1.29, 1.82) is 0 Å². The molecule has 5 rings (SSSR count). The van der Waals surface area contributed by atoms with Crippen LogP contribution in [0.4, 0.5) is 19.4 Å². The molecule has 176 valence electrons. The average Bonchev–Trinajstić information content (AvgIpc) is 3.25. The molecule has 3 fully saturated rings. The fraction of sp³-hybridized carbons (Fsp3) is 0.520. The molecule has 1 amide bonds. The van der Waals surface area contributed by atoms with Gasteiger partial charge in [0.25, 0.3) is 0 Å². The van der Waals surface area contributed by atoms with E-state index in [1.165, 1.54) is 18.2 Å². The lowest BCUT2D eigenvalue weighted by Crippen LogP contribution is -2.58. The lowest BCUT2D eigenvalue weighted by atomic mass is 9.78. The van der Waals surface area contributed by atoms with Gasteiger partial charge in [-0.2, -0.15) is 0 Å². The molecule has 2 saturated heterocycles. The number of nitrogens with zero attached hydrogens (tertiary/aromatic N) is 4. The maximum absolute atomic E-state index is 14.5. The molecular weight excluding hydrogens is 426 g/mol. The van der Waals surface area contributed by atoms with Gasteiger partial charge in [-0.3, -0.25) is 4.90 Å². The van der Waals surface area contributed by atoms with Gasteiger partial charge in [-0.25, -0.2) is 18.6 Å². The van der Waals surface area contributed by atoms with Crippen molar-refractivity contribution in [2.75, 3.05) is 50.8 Å². The number of anilines is 1. The van der Waals surface area contributed by atoms with Crippen LogP contribution < -0.4 is 4.90 Å². The SMILES string of the molecule is CCOC(=O)N1CC2(CC[C@@H](N3CCN(c4ncccc4-c4c(F)cccc4F)CC3)C2)C1. The van der Waals surface area contributed by atoms with Crippen molar-refractivity contribution in [3.63, 3.8) is 0 Å². The largest absolute Gasteiger partial charge is 0.450 e. The molecule has 1 saturated carbocycles. The van der Waals surface area contributed by atoms with E-state index in [1.54, 1.807) is 18.3 Å². The first kappa shape index (κ1) is 22.1. The van der Waals surface area contributed by atoms with Crippen molar-refractivity contribution in [3.8, 4) is 11.1 Å². The van der Waals surface area contributed by atoms with Crippen LogP contribution in [-0.4, -0.2) is 72.8 Å². The van der Waals surface area contributed by atoms with Crippen molar-refractivity contribution in [2.45, 2.75) is 32.2 Å². The number of benzene rings is 1. The minimum Gasteiger partial charge on any atom is -0.450 e. The number of pyridine rings is 1. The van der Waals surface area contributed by atoms with Crippen molar-refractivity contribution >= 4 is 11.9 Å². The number of hydrogen-bond donors (Lipinski definition) is 0. The van der Waals surface area contributed by atoms with Crippen LogP contribution in [0.15, 0.2) is 36.5 Å². The molecule has 0 bridgehead atoms. The minimum absolute atomic E-state index is 0.0168. The Bertz CT molecular complexity index is 999. The summed E-state index contributed by atoms with van der Waals surface area (Å²) in [5.41, 5.74) is 0.720. The van der Waals surface area contributed by atoms with Crippen LogP contribution in [0.3, 0.4) is 0 Å². The van der Waals surface area contributed by atoms with Gasteiger partial charge in [-0.05, 0) is 50.5 Å². The normalized spacial score (nSPS) is 22.5. The second kappa shape index (κ2) is 8.89. The Balaban J connectivity index is 1.22. The molecule has 8 heteroatoms. The summed E-state index contributed by atoms with van der Waals surface area (Å²) in [4.78, 5) is 22.9. The quantitative estimate of drug-likeness (QED) is 0.692. The Morgan fingerprint density at radius 1 is 1.12 bits per heavy atom. The van der Waals surface area contributed by atoms with Gasteiger partial charge < -0.3 is 14.5 Å². The molecule has 1 aromatic carbocycles. The van der Waals surface area contributed by atoms with E-state index in [0.29, 0.717) is 24.0 Å². The maximum Gasteiger partial charge on any atom is 0.409 e. The van der Waals surface area contributed by atoms with Crippen molar-refractivity contribution in [2.24, 2.45) is 5.41 Å². The van der Waals surface area contributed by atoms with Crippen molar-refractivity contribution in [1.82, 2.24) is 14.8 Å². The third-order valence-corrected chi connectivity index (χ3v) is 7.40. The van der Waals surface area contributed by atoms with Crippen molar-refractivity contribution in [3.05, 3.63) is 48.2 Å². The van der Waals surface area contributed by atoms with Gasteiger partial charge in [-0.15, -0.1) is 0 Å². The van der Waals surface area contributed by atoms with Crippen LogP contribution in [-0.2, 0) is 4.74 Å². The highest BCUT2D eigenvalue weighted by Gasteiger charge is 2.51. The van der Waals surface area contributed by atoms with E-state index < -0.39 is 11.6 Å². The first-order valence-electron chi connectivity index (χ1n) is 11.8. The summed E-state index contributed by atoms with van der Waals surface area (Å²) in [5, 5.41) is 0. The summed E-state index contributed by atoms with van der Waals surface area (Å²) in [6.45, 7) is 7.14. The molecule has 2 aromatic rings. The summed E-state index contributed by atoms with van der Waals surface area (Å²) in [6.07, 6.45) is 4.88. The highest BCUT2D eigenvalue weighted by Crippen LogP contribution is 2.47. The molecule has 0 unspecified atom stereocenters. The molecule has 0 radical (unpaired) electrons. The van der Waals surface area contributed by atoms with E-state index in [9.17, 15) is 13.6 Å². The predicted molar refractivity (Wildman–Crippen MR) is 122 cm³/mol. The Kier molecular flexibility index (Phi) is 5.95. The Hall–Kier alpha value is -2.74. The number of ether oxygens (including phenoxy) is 1. The third kappa shape index (κ3) is 4.16. The second-order valence-corrected chi connectivity index (χ2v) is 9.45. The highest BCUT2D eigenvalue weighted by atomic mass is 19.1. The van der Waals surface area contributed by atoms with E-state index in [-0.39, 0.29) is 17.1 Å². The zero-order valence-corrected chi connectivity index (χ0v) is 19.0. The molecule has 1 spiro atoms.